The Hall–Kier alpha value is -3.94. The van der Waals surface area contributed by atoms with E-state index in [2.05, 4.69) is 15.4 Å². The van der Waals surface area contributed by atoms with Crippen molar-refractivity contribution >= 4 is 5.91 Å². The minimum absolute atomic E-state index is 0.000681. The summed E-state index contributed by atoms with van der Waals surface area (Å²) in [7, 11) is 0. The molecule has 0 saturated carbocycles. The number of nitrogens with one attached hydrogen (secondary N) is 2. The van der Waals surface area contributed by atoms with Gasteiger partial charge < -0.3 is 14.7 Å². The van der Waals surface area contributed by atoms with Crippen LogP contribution in [0.15, 0.2) is 70.2 Å². The number of H-pyrrole nitrogens is 1. The molecule has 0 spiro atoms. The van der Waals surface area contributed by atoms with E-state index in [1.807, 2.05) is 13.8 Å². The monoisotopic (exact) mass is 406 g/mol. The van der Waals surface area contributed by atoms with Gasteiger partial charge in [-0.2, -0.15) is 5.10 Å². The maximum absolute atomic E-state index is 13.2. The van der Waals surface area contributed by atoms with Gasteiger partial charge in [-0.3, -0.25) is 9.59 Å². The van der Waals surface area contributed by atoms with Crippen LogP contribution in [0.1, 0.15) is 34.6 Å². The molecule has 1 atom stereocenters. The molecule has 8 heteroatoms. The topological polar surface area (TPSA) is 92.9 Å². The smallest absolute Gasteiger partial charge is 0.261 e. The van der Waals surface area contributed by atoms with E-state index in [1.54, 1.807) is 41.2 Å². The van der Waals surface area contributed by atoms with Crippen molar-refractivity contribution < 1.29 is 13.6 Å². The first-order valence-electron chi connectivity index (χ1n) is 9.32. The first-order valence-corrected chi connectivity index (χ1v) is 9.32. The van der Waals surface area contributed by atoms with Crippen LogP contribution in [-0.2, 0) is 0 Å². The quantitative estimate of drug-likeness (QED) is 0.528. The summed E-state index contributed by atoms with van der Waals surface area (Å²) >= 11 is 0. The zero-order valence-electron chi connectivity index (χ0n) is 16.3. The molecular weight excluding hydrogens is 387 g/mol. The van der Waals surface area contributed by atoms with Crippen molar-refractivity contribution in [2.45, 2.75) is 19.9 Å². The number of benzene rings is 1. The van der Waals surface area contributed by atoms with Crippen LogP contribution in [0.2, 0.25) is 0 Å². The highest BCUT2D eigenvalue weighted by Crippen LogP contribution is 2.21. The fourth-order valence-corrected chi connectivity index (χ4v) is 3.27. The van der Waals surface area contributed by atoms with E-state index in [0.29, 0.717) is 17.1 Å². The van der Waals surface area contributed by atoms with Gasteiger partial charge in [-0.05, 0) is 62.4 Å². The van der Waals surface area contributed by atoms with Crippen LogP contribution in [-0.4, -0.2) is 20.7 Å². The fraction of sp³-hybridized carbons (Fsp3) is 0.136. The third-order valence-corrected chi connectivity index (χ3v) is 4.87. The SMILES string of the molecule is Cc1c(C(C)NC(=O)c2ccc(-c3ccco3)[nH]c2=O)cnn1-c1ccc(F)cc1. The van der Waals surface area contributed by atoms with Crippen molar-refractivity contribution in [2.24, 2.45) is 0 Å². The van der Waals surface area contributed by atoms with E-state index in [4.69, 9.17) is 4.42 Å². The molecule has 1 aromatic carbocycles. The summed E-state index contributed by atoms with van der Waals surface area (Å²) in [6.45, 7) is 3.67. The van der Waals surface area contributed by atoms with E-state index >= 15 is 0 Å². The molecule has 152 valence electrons. The van der Waals surface area contributed by atoms with Gasteiger partial charge in [-0.1, -0.05) is 0 Å². The molecule has 3 aromatic heterocycles. The van der Waals surface area contributed by atoms with Crippen molar-refractivity contribution in [3.63, 3.8) is 0 Å². The zero-order chi connectivity index (χ0) is 21.3. The number of pyridine rings is 1. The van der Waals surface area contributed by atoms with Gasteiger partial charge in [0.05, 0.1) is 29.9 Å². The molecule has 0 aliphatic rings. The Balaban J connectivity index is 1.53. The first kappa shape index (κ1) is 19.4. The van der Waals surface area contributed by atoms with Crippen LogP contribution in [0.3, 0.4) is 0 Å². The lowest BCUT2D eigenvalue weighted by atomic mass is 10.1. The normalized spacial score (nSPS) is 12.0. The summed E-state index contributed by atoms with van der Waals surface area (Å²) in [5.74, 6) is -0.312. The molecular formula is C22H19FN4O3. The Morgan fingerprint density at radius 1 is 1.20 bits per heavy atom. The number of carbonyl (C=O) groups excluding carboxylic acids is 1. The number of furan rings is 1. The molecule has 0 fully saturated rings. The standard InChI is InChI=1S/C22H19FN4O3/c1-13(18-12-24-27(14(18)2)16-7-5-15(23)6-8-16)25-21(28)17-9-10-19(26-22(17)29)20-4-3-11-30-20/h3-13H,1-2H3,(H,25,28)(H,26,29). The number of rotatable bonds is 5. The Morgan fingerprint density at radius 2 is 1.97 bits per heavy atom. The second-order valence-electron chi connectivity index (χ2n) is 6.86. The van der Waals surface area contributed by atoms with Gasteiger partial charge in [0, 0.05) is 11.3 Å². The van der Waals surface area contributed by atoms with Gasteiger partial charge >= 0.3 is 0 Å². The second-order valence-corrected chi connectivity index (χ2v) is 6.86. The Labute approximate surface area is 171 Å². The van der Waals surface area contributed by atoms with Gasteiger partial charge in [0.2, 0.25) is 0 Å². The third-order valence-electron chi connectivity index (χ3n) is 4.87. The lowest BCUT2D eigenvalue weighted by Crippen LogP contribution is -2.31. The second kappa shape index (κ2) is 7.82. The molecule has 0 saturated heterocycles. The molecule has 4 aromatic rings. The molecule has 0 aliphatic carbocycles. The Kier molecular flexibility index (Phi) is 5.05. The zero-order valence-corrected chi connectivity index (χ0v) is 16.3. The van der Waals surface area contributed by atoms with Crippen LogP contribution in [0.5, 0.6) is 0 Å². The van der Waals surface area contributed by atoms with E-state index in [9.17, 15) is 14.0 Å². The van der Waals surface area contributed by atoms with Gasteiger partial charge in [0.1, 0.15) is 17.1 Å². The average Bonchev–Trinajstić information content (AvgIpc) is 3.38. The van der Waals surface area contributed by atoms with Gasteiger partial charge in [-0.25, -0.2) is 9.07 Å². The molecule has 30 heavy (non-hydrogen) atoms. The highest BCUT2D eigenvalue weighted by Gasteiger charge is 2.19. The number of amides is 1. The Bertz CT molecular complexity index is 1240. The van der Waals surface area contributed by atoms with Crippen molar-refractivity contribution in [1.82, 2.24) is 20.1 Å². The molecule has 2 N–H and O–H groups in total. The lowest BCUT2D eigenvalue weighted by Gasteiger charge is -2.14. The van der Waals surface area contributed by atoms with Crippen molar-refractivity contribution in [1.29, 1.82) is 0 Å². The van der Waals surface area contributed by atoms with Crippen LogP contribution in [0.25, 0.3) is 17.1 Å². The predicted octanol–water partition coefficient (Wildman–Crippen LogP) is 3.76. The summed E-state index contributed by atoms with van der Waals surface area (Å²) in [5, 5.41) is 7.17. The summed E-state index contributed by atoms with van der Waals surface area (Å²) < 4.78 is 20.1. The minimum atomic E-state index is -0.507. The van der Waals surface area contributed by atoms with Crippen LogP contribution in [0, 0.1) is 12.7 Å². The number of nitrogens with zero attached hydrogens (tertiary/aromatic N) is 2. The van der Waals surface area contributed by atoms with Crippen LogP contribution in [0.4, 0.5) is 4.39 Å². The van der Waals surface area contributed by atoms with E-state index in [1.165, 1.54) is 24.5 Å². The number of hydrogen-bond acceptors (Lipinski definition) is 4. The van der Waals surface area contributed by atoms with E-state index in [-0.39, 0.29) is 11.4 Å². The molecule has 1 amide bonds. The number of aromatic nitrogens is 3. The van der Waals surface area contributed by atoms with Crippen molar-refractivity contribution in [3.8, 4) is 17.1 Å². The Morgan fingerprint density at radius 3 is 2.63 bits per heavy atom. The number of halogens is 1. The average molecular weight is 406 g/mol. The van der Waals surface area contributed by atoms with Gasteiger partial charge in [0.15, 0.2) is 0 Å². The number of aromatic amines is 1. The minimum Gasteiger partial charge on any atom is -0.463 e. The predicted molar refractivity (Wildman–Crippen MR) is 109 cm³/mol. The lowest BCUT2D eigenvalue weighted by molar-refractivity contribution is 0.0938. The van der Waals surface area contributed by atoms with Gasteiger partial charge in [0.25, 0.3) is 11.5 Å². The van der Waals surface area contributed by atoms with E-state index in [0.717, 1.165) is 11.3 Å². The largest absolute Gasteiger partial charge is 0.463 e. The molecule has 0 aliphatic heterocycles. The van der Waals surface area contributed by atoms with Crippen molar-refractivity contribution in [3.05, 3.63) is 94.0 Å². The molecule has 0 bridgehead atoms. The number of hydrogen-bond donors (Lipinski definition) is 2. The van der Waals surface area contributed by atoms with Crippen LogP contribution < -0.4 is 10.9 Å². The molecule has 3 heterocycles. The molecule has 7 nitrogen and oxygen atoms in total. The first-order chi connectivity index (χ1) is 14.4. The van der Waals surface area contributed by atoms with Crippen molar-refractivity contribution in [2.75, 3.05) is 0 Å². The highest BCUT2D eigenvalue weighted by molar-refractivity contribution is 5.94. The highest BCUT2D eigenvalue weighted by atomic mass is 19.1. The summed E-state index contributed by atoms with van der Waals surface area (Å²) in [5.41, 5.74) is 2.29. The summed E-state index contributed by atoms with van der Waals surface area (Å²) in [4.78, 5) is 27.7. The molecule has 4 rings (SSSR count). The maximum atomic E-state index is 13.2. The fourth-order valence-electron chi connectivity index (χ4n) is 3.27. The van der Waals surface area contributed by atoms with Crippen LogP contribution >= 0.6 is 0 Å². The summed E-state index contributed by atoms with van der Waals surface area (Å²) in [6.07, 6.45) is 3.15. The van der Waals surface area contributed by atoms with E-state index < -0.39 is 17.5 Å². The molecule has 1 unspecified atom stereocenters. The van der Waals surface area contributed by atoms with Gasteiger partial charge in [-0.15, -0.1) is 0 Å². The number of carbonyl (C=O) groups is 1. The maximum Gasteiger partial charge on any atom is 0.261 e. The summed E-state index contributed by atoms with van der Waals surface area (Å²) in [6, 6.07) is 12.1. The molecule has 0 radical (unpaired) electrons. The third kappa shape index (κ3) is 3.67.